The molecule has 0 saturated carbocycles. The zero-order chi connectivity index (χ0) is 23.9. The summed E-state index contributed by atoms with van der Waals surface area (Å²) in [5.41, 5.74) is 2.81. The molecule has 7 nitrogen and oxygen atoms in total. The van der Waals surface area contributed by atoms with E-state index in [1.807, 2.05) is 60.7 Å². The predicted molar refractivity (Wildman–Crippen MR) is 133 cm³/mol. The van der Waals surface area contributed by atoms with E-state index in [1.54, 1.807) is 12.1 Å². The van der Waals surface area contributed by atoms with Crippen LogP contribution in [-0.2, 0) is 16.4 Å². The quantitative estimate of drug-likeness (QED) is 0.337. The highest BCUT2D eigenvalue weighted by molar-refractivity contribution is 7.91. The molecule has 0 bridgehead atoms. The van der Waals surface area contributed by atoms with Crippen LogP contribution in [0.1, 0.15) is 30.9 Å². The van der Waals surface area contributed by atoms with Crippen molar-refractivity contribution in [1.29, 1.82) is 0 Å². The van der Waals surface area contributed by atoms with Crippen LogP contribution in [0.3, 0.4) is 0 Å². The Morgan fingerprint density at radius 1 is 0.971 bits per heavy atom. The molecule has 2 aromatic heterocycles. The molecule has 0 atom stereocenters. The van der Waals surface area contributed by atoms with Crippen LogP contribution < -0.4 is 5.32 Å². The summed E-state index contributed by atoms with van der Waals surface area (Å²) >= 11 is 6.31. The normalized spacial score (nSPS) is 12.0. The van der Waals surface area contributed by atoms with Crippen molar-refractivity contribution in [3.8, 4) is 0 Å². The van der Waals surface area contributed by atoms with Gasteiger partial charge in [0, 0.05) is 17.0 Å². The zero-order valence-corrected chi connectivity index (χ0v) is 20.2. The Kier molecular flexibility index (Phi) is 5.71. The number of benzene rings is 3. The summed E-state index contributed by atoms with van der Waals surface area (Å²) in [6.45, 7) is 4.54. The first-order chi connectivity index (χ1) is 16.4. The lowest BCUT2D eigenvalue weighted by atomic mass is 10.0. The molecule has 0 radical (unpaired) electrons. The molecule has 3 aromatic carbocycles. The number of sulfone groups is 1. The summed E-state index contributed by atoms with van der Waals surface area (Å²) in [7, 11) is -3.93. The van der Waals surface area contributed by atoms with Gasteiger partial charge in [-0.2, -0.15) is 4.52 Å². The fraction of sp³-hybridized carbons (Fsp3) is 0.160. The molecule has 0 spiro atoms. The molecular weight excluding hydrogens is 470 g/mol. The van der Waals surface area contributed by atoms with E-state index in [4.69, 9.17) is 11.6 Å². The van der Waals surface area contributed by atoms with Crippen molar-refractivity contribution in [3.63, 3.8) is 0 Å². The molecule has 1 N–H and O–H groups in total. The van der Waals surface area contributed by atoms with Crippen molar-refractivity contribution < 1.29 is 8.42 Å². The second-order valence-electron chi connectivity index (χ2n) is 8.28. The molecule has 34 heavy (non-hydrogen) atoms. The zero-order valence-electron chi connectivity index (χ0n) is 18.6. The van der Waals surface area contributed by atoms with Gasteiger partial charge in [0.2, 0.25) is 14.9 Å². The van der Waals surface area contributed by atoms with Crippen LogP contribution >= 0.6 is 11.6 Å². The Labute approximate surface area is 202 Å². The topological polar surface area (TPSA) is 89.2 Å². The maximum absolute atomic E-state index is 13.5. The number of halogens is 1. The maximum atomic E-state index is 13.5. The van der Waals surface area contributed by atoms with Crippen molar-refractivity contribution in [3.05, 3.63) is 88.9 Å². The SMILES string of the molecule is CC(C)c1ccc(S(=O)(=O)c2nnn3c2nc(NCc2ccccc2Cl)c2ccccc23)cc1. The van der Waals surface area contributed by atoms with Gasteiger partial charge in [-0.05, 0) is 47.4 Å². The molecule has 9 heteroatoms. The standard InChI is InChI=1S/C25H22ClN5O2S/c1-16(2)17-11-13-19(14-12-17)34(32,33)25-24-28-23(27-15-18-7-3-5-9-21(18)26)20-8-4-6-10-22(20)31(24)30-29-25/h3-14,16H,15H2,1-2H3,(H,27,28). The molecule has 0 aliphatic carbocycles. The molecule has 172 valence electrons. The lowest BCUT2D eigenvalue weighted by Crippen LogP contribution is -2.07. The average molecular weight is 492 g/mol. The predicted octanol–water partition coefficient (Wildman–Crippen LogP) is 5.50. The van der Waals surface area contributed by atoms with Crippen molar-refractivity contribution >= 4 is 43.8 Å². The van der Waals surface area contributed by atoms with Crippen LogP contribution in [-0.4, -0.2) is 28.2 Å². The van der Waals surface area contributed by atoms with E-state index in [9.17, 15) is 8.42 Å². The van der Waals surface area contributed by atoms with Gasteiger partial charge in [0.25, 0.3) is 0 Å². The fourth-order valence-electron chi connectivity index (χ4n) is 3.82. The Morgan fingerprint density at radius 2 is 1.68 bits per heavy atom. The first-order valence-electron chi connectivity index (χ1n) is 10.8. The van der Waals surface area contributed by atoms with E-state index >= 15 is 0 Å². The summed E-state index contributed by atoms with van der Waals surface area (Å²) in [6, 6.07) is 21.9. The maximum Gasteiger partial charge on any atom is 0.229 e. The van der Waals surface area contributed by atoms with Crippen molar-refractivity contribution in [2.45, 2.75) is 36.2 Å². The average Bonchev–Trinajstić information content (AvgIpc) is 3.28. The molecule has 5 rings (SSSR count). The van der Waals surface area contributed by atoms with E-state index < -0.39 is 9.84 Å². The number of nitrogens with one attached hydrogen (secondary N) is 1. The number of hydrogen-bond acceptors (Lipinski definition) is 6. The third kappa shape index (κ3) is 3.89. The minimum atomic E-state index is -3.93. The number of fused-ring (bicyclic) bond motifs is 3. The summed E-state index contributed by atoms with van der Waals surface area (Å²) in [5, 5.41) is 12.7. The van der Waals surface area contributed by atoms with Gasteiger partial charge in [0.15, 0.2) is 5.65 Å². The molecule has 2 heterocycles. The number of aromatic nitrogens is 4. The minimum absolute atomic E-state index is 0.153. The van der Waals surface area contributed by atoms with Crippen molar-refractivity contribution in [2.24, 2.45) is 0 Å². The lowest BCUT2D eigenvalue weighted by molar-refractivity contribution is 0.592. The molecule has 0 aliphatic rings. The Bertz CT molecular complexity index is 1610. The summed E-state index contributed by atoms with van der Waals surface area (Å²) < 4.78 is 28.4. The highest BCUT2D eigenvalue weighted by atomic mass is 35.5. The van der Waals surface area contributed by atoms with Crippen LogP contribution in [0.2, 0.25) is 5.02 Å². The second-order valence-corrected chi connectivity index (χ2v) is 10.6. The van der Waals surface area contributed by atoms with E-state index in [0.29, 0.717) is 28.8 Å². The molecule has 0 fully saturated rings. The summed E-state index contributed by atoms with van der Waals surface area (Å²) in [6.07, 6.45) is 0. The van der Waals surface area contributed by atoms with Gasteiger partial charge in [0.05, 0.1) is 10.4 Å². The number of nitrogens with zero attached hydrogens (tertiary/aromatic N) is 4. The summed E-state index contributed by atoms with van der Waals surface area (Å²) in [5.74, 6) is 0.823. The van der Waals surface area contributed by atoms with Crippen LogP contribution in [0.15, 0.2) is 82.7 Å². The molecule has 0 amide bonds. The largest absolute Gasteiger partial charge is 0.365 e. The lowest BCUT2D eigenvalue weighted by Gasteiger charge is -2.11. The van der Waals surface area contributed by atoms with E-state index in [1.165, 1.54) is 4.52 Å². The van der Waals surface area contributed by atoms with Crippen molar-refractivity contribution in [2.75, 3.05) is 5.32 Å². The molecule has 5 aromatic rings. The number of rotatable bonds is 6. The highest BCUT2D eigenvalue weighted by Gasteiger charge is 2.27. The smallest absolute Gasteiger partial charge is 0.229 e. The first kappa shape index (κ1) is 22.3. The van der Waals surface area contributed by atoms with Crippen LogP contribution in [0.5, 0.6) is 0 Å². The number of para-hydroxylation sites is 1. The Balaban J connectivity index is 1.62. The van der Waals surface area contributed by atoms with Gasteiger partial charge in [-0.25, -0.2) is 13.4 Å². The van der Waals surface area contributed by atoms with Gasteiger partial charge in [-0.3, -0.25) is 0 Å². The first-order valence-corrected chi connectivity index (χ1v) is 12.7. The Morgan fingerprint density at radius 3 is 2.41 bits per heavy atom. The van der Waals surface area contributed by atoms with Crippen molar-refractivity contribution in [1.82, 2.24) is 19.8 Å². The third-order valence-corrected chi connectivity index (χ3v) is 7.77. The van der Waals surface area contributed by atoms with Gasteiger partial charge in [0.1, 0.15) is 5.82 Å². The van der Waals surface area contributed by atoms with Crippen LogP contribution in [0.4, 0.5) is 5.82 Å². The highest BCUT2D eigenvalue weighted by Crippen LogP contribution is 2.29. The second kappa shape index (κ2) is 8.70. The van der Waals surface area contributed by atoms with Gasteiger partial charge < -0.3 is 5.32 Å². The van der Waals surface area contributed by atoms with E-state index in [2.05, 4.69) is 34.5 Å². The van der Waals surface area contributed by atoms with E-state index in [0.717, 1.165) is 16.5 Å². The summed E-state index contributed by atoms with van der Waals surface area (Å²) in [4.78, 5) is 4.80. The minimum Gasteiger partial charge on any atom is -0.365 e. The number of hydrogen-bond donors (Lipinski definition) is 1. The number of anilines is 1. The monoisotopic (exact) mass is 491 g/mol. The Hall–Kier alpha value is -3.49. The van der Waals surface area contributed by atoms with Crippen LogP contribution in [0, 0.1) is 0 Å². The molecule has 0 saturated heterocycles. The van der Waals surface area contributed by atoms with Crippen LogP contribution in [0.25, 0.3) is 16.6 Å². The molecular formula is C25H22ClN5O2S. The van der Waals surface area contributed by atoms with Gasteiger partial charge >= 0.3 is 0 Å². The third-order valence-electron chi connectivity index (χ3n) is 5.74. The van der Waals surface area contributed by atoms with E-state index in [-0.39, 0.29) is 15.6 Å². The molecule has 0 aliphatic heterocycles. The van der Waals surface area contributed by atoms with Gasteiger partial charge in [-0.1, -0.05) is 73.1 Å². The van der Waals surface area contributed by atoms with Gasteiger partial charge in [-0.15, -0.1) is 5.10 Å². The molecule has 0 unspecified atom stereocenters. The fourth-order valence-corrected chi connectivity index (χ4v) is 5.25.